The predicted octanol–water partition coefficient (Wildman–Crippen LogP) is 3.46. The third-order valence-corrected chi connectivity index (χ3v) is 3.12. The van der Waals surface area contributed by atoms with E-state index < -0.39 is 23.8 Å². The lowest BCUT2D eigenvalue weighted by Crippen LogP contribution is -2.29. The van der Waals surface area contributed by atoms with Crippen molar-refractivity contribution in [2.75, 3.05) is 5.32 Å². The number of aromatic nitrogens is 1. The Morgan fingerprint density at radius 1 is 1.33 bits per heavy atom. The van der Waals surface area contributed by atoms with Gasteiger partial charge in [0.05, 0.1) is 5.02 Å². The second-order valence-corrected chi connectivity index (χ2v) is 5.25. The van der Waals surface area contributed by atoms with Gasteiger partial charge in [0.15, 0.2) is 6.10 Å². The second-order valence-electron chi connectivity index (χ2n) is 4.82. The van der Waals surface area contributed by atoms with Crippen LogP contribution in [0.3, 0.4) is 0 Å². The van der Waals surface area contributed by atoms with Crippen molar-refractivity contribution >= 4 is 35.4 Å². The normalized spacial score (nSPS) is 12.0. The first kappa shape index (κ1) is 17.6. The number of pyridine rings is 1. The highest BCUT2D eigenvalue weighted by molar-refractivity contribution is 6.30. The molecule has 124 valence electrons. The van der Waals surface area contributed by atoms with E-state index >= 15 is 0 Å². The molecule has 0 spiro atoms. The summed E-state index contributed by atoms with van der Waals surface area (Å²) in [6.07, 6.45) is 2.89. The third-order valence-electron chi connectivity index (χ3n) is 2.90. The molecule has 2 rings (SSSR count). The van der Waals surface area contributed by atoms with Crippen molar-refractivity contribution in [3.05, 3.63) is 65.1 Å². The number of nitrogens with zero attached hydrogens (tertiary/aromatic N) is 1. The van der Waals surface area contributed by atoms with Crippen molar-refractivity contribution in [3.8, 4) is 0 Å². The van der Waals surface area contributed by atoms with E-state index in [9.17, 15) is 14.0 Å². The molecular formula is C17H14ClFN2O3. The fraction of sp³-hybridized carbons (Fsp3) is 0.118. The SMILES string of the molecule is C[C@H](OC(=O)/C=C/c1cccc(F)c1)C(=O)Nc1ccc(Cl)cn1. The number of esters is 1. The molecule has 0 aliphatic heterocycles. The zero-order valence-corrected chi connectivity index (χ0v) is 13.5. The molecule has 0 bridgehead atoms. The molecule has 0 saturated carbocycles. The number of carbonyl (C=O) groups is 2. The molecule has 1 aromatic heterocycles. The van der Waals surface area contributed by atoms with Gasteiger partial charge in [-0.2, -0.15) is 0 Å². The van der Waals surface area contributed by atoms with E-state index in [0.717, 1.165) is 6.08 Å². The smallest absolute Gasteiger partial charge is 0.331 e. The fourth-order valence-corrected chi connectivity index (χ4v) is 1.83. The standard InChI is InChI=1S/C17H14ClFN2O3/c1-11(17(23)21-15-7-6-13(18)10-20-15)24-16(22)8-5-12-3-2-4-14(19)9-12/h2-11H,1H3,(H,20,21,23)/b8-5+/t11-/m0/s1. The lowest BCUT2D eigenvalue weighted by atomic mass is 10.2. The van der Waals surface area contributed by atoms with Gasteiger partial charge >= 0.3 is 5.97 Å². The van der Waals surface area contributed by atoms with Crippen molar-refractivity contribution in [3.63, 3.8) is 0 Å². The summed E-state index contributed by atoms with van der Waals surface area (Å²) in [6, 6.07) is 8.82. The van der Waals surface area contributed by atoms with Gasteiger partial charge in [0.2, 0.25) is 0 Å². The molecule has 7 heteroatoms. The molecule has 5 nitrogen and oxygen atoms in total. The summed E-state index contributed by atoms with van der Waals surface area (Å²) in [5, 5.41) is 2.94. The third kappa shape index (κ3) is 5.48. The van der Waals surface area contributed by atoms with Gasteiger partial charge in [-0.05, 0) is 42.8 Å². The maximum atomic E-state index is 13.0. The van der Waals surface area contributed by atoms with Gasteiger partial charge in [0.1, 0.15) is 11.6 Å². The minimum Gasteiger partial charge on any atom is -0.449 e. The monoisotopic (exact) mass is 348 g/mol. The number of benzene rings is 1. The highest BCUT2D eigenvalue weighted by Gasteiger charge is 2.17. The number of rotatable bonds is 5. The van der Waals surface area contributed by atoms with Gasteiger partial charge in [-0.3, -0.25) is 4.79 Å². The zero-order chi connectivity index (χ0) is 17.5. The average Bonchev–Trinajstić information content (AvgIpc) is 2.55. The zero-order valence-electron chi connectivity index (χ0n) is 12.7. The Balaban J connectivity index is 1.88. The Kier molecular flexibility index (Phi) is 6.03. The topological polar surface area (TPSA) is 68.3 Å². The quantitative estimate of drug-likeness (QED) is 0.663. The maximum Gasteiger partial charge on any atom is 0.331 e. The van der Waals surface area contributed by atoms with Crippen molar-refractivity contribution < 1.29 is 18.7 Å². The Bertz CT molecular complexity index is 763. The summed E-state index contributed by atoms with van der Waals surface area (Å²) >= 11 is 5.70. The minimum absolute atomic E-state index is 0.294. The van der Waals surface area contributed by atoms with E-state index in [1.54, 1.807) is 12.1 Å². The van der Waals surface area contributed by atoms with Crippen LogP contribution in [-0.4, -0.2) is 23.0 Å². The molecule has 1 atom stereocenters. The van der Waals surface area contributed by atoms with Crippen LogP contribution in [0, 0.1) is 5.82 Å². The molecule has 0 saturated heterocycles. The van der Waals surface area contributed by atoms with E-state index in [0.29, 0.717) is 16.4 Å². The number of ether oxygens (including phenoxy) is 1. The summed E-state index contributed by atoms with van der Waals surface area (Å²) in [6.45, 7) is 1.43. The average molecular weight is 349 g/mol. The molecule has 2 aromatic rings. The van der Waals surface area contributed by atoms with Gasteiger partial charge in [0.25, 0.3) is 5.91 Å². The Hall–Kier alpha value is -2.73. The lowest BCUT2D eigenvalue weighted by Gasteiger charge is -2.11. The van der Waals surface area contributed by atoms with Crippen LogP contribution in [0.1, 0.15) is 12.5 Å². The summed E-state index contributed by atoms with van der Waals surface area (Å²) < 4.78 is 18.0. The Morgan fingerprint density at radius 2 is 2.12 bits per heavy atom. The van der Waals surface area contributed by atoms with Crippen LogP contribution in [-0.2, 0) is 14.3 Å². The fourth-order valence-electron chi connectivity index (χ4n) is 1.72. The van der Waals surface area contributed by atoms with Gasteiger partial charge < -0.3 is 10.1 Å². The summed E-state index contributed by atoms with van der Waals surface area (Å²) in [5.74, 6) is -1.36. The van der Waals surface area contributed by atoms with Crippen LogP contribution in [0.25, 0.3) is 6.08 Å². The number of anilines is 1. The van der Waals surface area contributed by atoms with E-state index in [1.165, 1.54) is 43.5 Å². The highest BCUT2D eigenvalue weighted by Crippen LogP contribution is 2.10. The number of carbonyl (C=O) groups excluding carboxylic acids is 2. The molecule has 1 N–H and O–H groups in total. The predicted molar refractivity (Wildman–Crippen MR) is 88.9 cm³/mol. The van der Waals surface area contributed by atoms with Crippen molar-refractivity contribution in [1.29, 1.82) is 0 Å². The first-order chi connectivity index (χ1) is 11.4. The molecular weight excluding hydrogens is 335 g/mol. The molecule has 0 aliphatic carbocycles. The van der Waals surface area contributed by atoms with Gasteiger partial charge in [-0.1, -0.05) is 23.7 Å². The molecule has 1 heterocycles. The van der Waals surface area contributed by atoms with Crippen LogP contribution in [0.4, 0.5) is 10.2 Å². The molecule has 1 amide bonds. The van der Waals surface area contributed by atoms with Crippen LogP contribution in [0.2, 0.25) is 5.02 Å². The van der Waals surface area contributed by atoms with Crippen molar-refractivity contribution in [2.45, 2.75) is 13.0 Å². The first-order valence-corrected chi connectivity index (χ1v) is 7.38. The van der Waals surface area contributed by atoms with Gasteiger partial charge in [0, 0.05) is 12.3 Å². The molecule has 24 heavy (non-hydrogen) atoms. The Morgan fingerprint density at radius 3 is 2.79 bits per heavy atom. The number of hydrogen-bond donors (Lipinski definition) is 1. The number of halogens is 2. The summed E-state index contributed by atoms with van der Waals surface area (Å²) in [7, 11) is 0. The van der Waals surface area contributed by atoms with Crippen LogP contribution in [0.15, 0.2) is 48.7 Å². The van der Waals surface area contributed by atoms with Crippen LogP contribution in [0.5, 0.6) is 0 Å². The van der Waals surface area contributed by atoms with Crippen molar-refractivity contribution in [1.82, 2.24) is 4.98 Å². The molecule has 0 aliphatic rings. The summed E-state index contributed by atoms with van der Waals surface area (Å²) in [5.41, 5.74) is 0.509. The summed E-state index contributed by atoms with van der Waals surface area (Å²) in [4.78, 5) is 27.5. The van der Waals surface area contributed by atoms with E-state index in [2.05, 4.69) is 10.3 Å². The molecule has 0 fully saturated rings. The maximum absolute atomic E-state index is 13.0. The van der Waals surface area contributed by atoms with E-state index in [4.69, 9.17) is 16.3 Å². The second kappa shape index (κ2) is 8.21. The number of nitrogens with one attached hydrogen (secondary N) is 1. The van der Waals surface area contributed by atoms with Gasteiger partial charge in [-0.15, -0.1) is 0 Å². The molecule has 1 aromatic carbocycles. The highest BCUT2D eigenvalue weighted by atomic mass is 35.5. The largest absolute Gasteiger partial charge is 0.449 e. The number of hydrogen-bond acceptors (Lipinski definition) is 4. The van der Waals surface area contributed by atoms with Gasteiger partial charge in [-0.25, -0.2) is 14.2 Å². The Labute approximate surface area is 143 Å². The lowest BCUT2D eigenvalue weighted by molar-refractivity contribution is -0.148. The van der Waals surface area contributed by atoms with Crippen LogP contribution >= 0.6 is 11.6 Å². The molecule has 0 radical (unpaired) electrons. The van der Waals surface area contributed by atoms with Crippen LogP contribution < -0.4 is 5.32 Å². The molecule has 0 unspecified atom stereocenters. The van der Waals surface area contributed by atoms with Crippen molar-refractivity contribution in [2.24, 2.45) is 0 Å². The van der Waals surface area contributed by atoms with E-state index in [1.807, 2.05) is 0 Å². The first-order valence-electron chi connectivity index (χ1n) is 7.01. The van der Waals surface area contributed by atoms with E-state index in [-0.39, 0.29) is 0 Å². The minimum atomic E-state index is -1.02. The number of amides is 1.